The van der Waals surface area contributed by atoms with Crippen molar-refractivity contribution in [2.24, 2.45) is 29.6 Å². The van der Waals surface area contributed by atoms with E-state index >= 15 is 0 Å². The van der Waals surface area contributed by atoms with E-state index in [4.69, 9.17) is 9.84 Å². The van der Waals surface area contributed by atoms with Gasteiger partial charge in [-0.1, -0.05) is 45.9 Å². The number of carbonyl (C=O) groups is 2. The number of esters is 1. The number of carboxylic acids is 1. The molecule has 2 aliphatic carbocycles. The first kappa shape index (κ1) is 24.6. The lowest BCUT2D eigenvalue weighted by atomic mass is 9.65. The zero-order valence-corrected chi connectivity index (χ0v) is 18.7. The van der Waals surface area contributed by atoms with E-state index in [9.17, 15) is 19.8 Å². The summed E-state index contributed by atoms with van der Waals surface area (Å²) < 4.78 is 6.00. The van der Waals surface area contributed by atoms with Crippen LogP contribution in [0.3, 0.4) is 0 Å². The molecule has 0 heterocycles. The zero-order valence-electron chi connectivity index (χ0n) is 18.7. The molecule has 6 heteroatoms. The van der Waals surface area contributed by atoms with Gasteiger partial charge in [0.05, 0.1) is 24.5 Å². The Labute approximate surface area is 180 Å². The smallest absolute Gasteiger partial charge is 0.308 e. The molecule has 8 atom stereocenters. The molecule has 3 N–H and O–H groups in total. The van der Waals surface area contributed by atoms with Crippen molar-refractivity contribution in [3.63, 3.8) is 0 Å². The van der Waals surface area contributed by atoms with Gasteiger partial charge in [-0.05, 0) is 55.4 Å². The first-order chi connectivity index (χ1) is 14.1. The largest absolute Gasteiger partial charge is 0.481 e. The summed E-state index contributed by atoms with van der Waals surface area (Å²) in [7, 11) is 0. The van der Waals surface area contributed by atoms with Crippen molar-refractivity contribution < 1.29 is 29.6 Å². The van der Waals surface area contributed by atoms with Gasteiger partial charge in [0.2, 0.25) is 0 Å². The minimum Gasteiger partial charge on any atom is -0.481 e. The molecule has 0 aromatic heterocycles. The van der Waals surface area contributed by atoms with Crippen LogP contribution in [-0.4, -0.2) is 45.6 Å². The number of rotatable bonds is 10. The van der Waals surface area contributed by atoms with E-state index in [-0.39, 0.29) is 48.6 Å². The molecule has 170 valence electrons. The molecule has 0 bridgehead atoms. The van der Waals surface area contributed by atoms with E-state index in [2.05, 4.69) is 32.1 Å². The van der Waals surface area contributed by atoms with Crippen molar-refractivity contribution in [1.82, 2.24) is 0 Å². The number of ether oxygens (including phenoxy) is 1. The van der Waals surface area contributed by atoms with Crippen molar-refractivity contribution in [3.05, 3.63) is 23.8 Å². The molecule has 0 saturated heterocycles. The van der Waals surface area contributed by atoms with E-state index in [0.29, 0.717) is 12.3 Å². The highest BCUT2D eigenvalue weighted by atomic mass is 16.5. The Bertz CT molecular complexity index is 654. The molecule has 2 aliphatic rings. The van der Waals surface area contributed by atoms with E-state index < -0.39 is 18.2 Å². The summed E-state index contributed by atoms with van der Waals surface area (Å²) in [5, 5.41) is 28.9. The van der Waals surface area contributed by atoms with Crippen LogP contribution in [0.4, 0.5) is 0 Å². The van der Waals surface area contributed by atoms with Crippen molar-refractivity contribution >= 4 is 11.9 Å². The minimum atomic E-state index is -1.07. The summed E-state index contributed by atoms with van der Waals surface area (Å²) in [6.45, 7) is 8.16. The van der Waals surface area contributed by atoms with E-state index in [1.54, 1.807) is 0 Å². The third kappa shape index (κ3) is 6.67. The highest BCUT2D eigenvalue weighted by Gasteiger charge is 2.41. The molecular weight excluding hydrogens is 384 g/mol. The third-order valence-corrected chi connectivity index (χ3v) is 6.67. The monoisotopic (exact) mass is 422 g/mol. The van der Waals surface area contributed by atoms with Gasteiger partial charge in [-0.2, -0.15) is 0 Å². The number of carboxylic acid groups (broad SMARTS) is 1. The van der Waals surface area contributed by atoms with Gasteiger partial charge in [-0.25, -0.2) is 0 Å². The average Bonchev–Trinajstić information content (AvgIpc) is 2.65. The molecule has 0 spiro atoms. The number of carbonyl (C=O) groups excluding carboxylic acids is 1. The Morgan fingerprint density at radius 1 is 1.23 bits per heavy atom. The lowest BCUT2D eigenvalue weighted by molar-refractivity contribution is -0.158. The lowest BCUT2D eigenvalue weighted by Gasteiger charge is -2.43. The SMILES string of the molecule is CC[C@@H](C)C(=O)O[C@@H]1C[C@H](C)C=C2C=C[C@@H](C)[C@@H](CC[C@H](O)C[C@H](O)CC(=O)O)[C@@H]21. The number of aliphatic hydroxyl groups excluding tert-OH is 2. The second-order valence-electron chi connectivity index (χ2n) is 9.29. The first-order valence-electron chi connectivity index (χ1n) is 11.3. The van der Waals surface area contributed by atoms with Gasteiger partial charge in [-0.15, -0.1) is 0 Å². The van der Waals surface area contributed by atoms with Crippen LogP contribution in [0.15, 0.2) is 23.8 Å². The number of fused-ring (bicyclic) bond motifs is 1. The standard InChI is InChI=1S/C24H38O6/c1-5-15(3)24(29)30-21-11-14(2)10-17-7-6-16(4)20(23(17)21)9-8-18(25)12-19(26)13-22(27)28/h6-7,10,14-16,18-21,23,25-26H,5,8-9,11-13H2,1-4H3,(H,27,28)/t14-,15-,16-,18+,19+,20-,21-,23-/m1/s1. The van der Waals surface area contributed by atoms with Crippen LogP contribution in [0.2, 0.25) is 0 Å². The molecule has 6 nitrogen and oxygen atoms in total. The Hall–Kier alpha value is -1.66. The first-order valence-corrected chi connectivity index (χ1v) is 11.3. The molecule has 0 amide bonds. The molecule has 2 rings (SSSR count). The zero-order chi connectivity index (χ0) is 22.4. The van der Waals surface area contributed by atoms with Gasteiger partial charge in [-0.3, -0.25) is 9.59 Å². The molecule has 0 unspecified atom stereocenters. The number of aliphatic hydroxyl groups is 2. The summed E-state index contributed by atoms with van der Waals surface area (Å²) in [5.74, 6) is -0.406. The van der Waals surface area contributed by atoms with Crippen molar-refractivity contribution in [2.75, 3.05) is 0 Å². The molecule has 0 aliphatic heterocycles. The van der Waals surface area contributed by atoms with Gasteiger partial charge < -0.3 is 20.1 Å². The number of allylic oxidation sites excluding steroid dienone is 3. The van der Waals surface area contributed by atoms with Gasteiger partial charge >= 0.3 is 11.9 Å². The summed E-state index contributed by atoms with van der Waals surface area (Å²) in [6, 6.07) is 0. The van der Waals surface area contributed by atoms with Crippen LogP contribution in [0.1, 0.15) is 66.2 Å². The molecule has 0 fully saturated rings. The maximum atomic E-state index is 12.5. The maximum Gasteiger partial charge on any atom is 0.308 e. The predicted molar refractivity (Wildman–Crippen MR) is 115 cm³/mol. The van der Waals surface area contributed by atoms with E-state index in [0.717, 1.165) is 19.3 Å². The van der Waals surface area contributed by atoms with E-state index in [1.807, 2.05) is 13.8 Å². The van der Waals surface area contributed by atoms with Crippen LogP contribution >= 0.6 is 0 Å². The highest BCUT2D eigenvalue weighted by Crippen LogP contribution is 2.45. The molecule has 0 aromatic rings. The topological polar surface area (TPSA) is 104 Å². The van der Waals surface area contributed by atoms with Crippen LogP contribution < -0.4 is 0 Å². The maximum absolute atomic E-state index is 12.5. The Balaban J connectivity index is 2.09. The molecule has 0 radical (unpaired) electrons. The molecule has 0 aromatic carbocycles. The van der Waals surface area contributed by atoms with Crippen LogP contribution in [0.5, 0.6) is 0 Å². The Morgan fingerprint density at radius 3 is 2.57 bits per heavy atom. The average molecular weight is 423 g/mol. The lowest BCUT2D eigenvalue weighted by Crippen LogP contribution is -2.41. The van der Waals surface area contributed by atoms with Gasteiger partial charge in [0.25, 0.3) is 0 Å². The fraction of sp³-hybridized carbons (Fsp3) is 0.750. The fourth-order valence-electron chi connectivity index (χ4n) is 4.76. The third-order valence-electron chi connectivity index (χ3n) is 6.67. The second kappa shape index (κ2) is 11.1. The number of aliphatic carboxylic acids is 1. The fourth-order valence-corrected chi connectivity index (χ4v) is 4.76. The second-order valence-corrected chi connectivity index (χ2v) is 9.29. The summed E-state index contributed by atoms with van der Waals surface area (Å²) in [6.07, 6.45) is 7.07. The van der Waals surface area contributed by atoms with Crippen LogP contribution in [-0.2, 0) is 14.3 Å². The Morgan fingerprint density at radius 2 is 1.93 bits per heavy atom. The summed E-state index contributed by atoms with van der Waals surface area (Å²) >= 11 is 0. The quantitative estimate of drug-likeness (QED) is 0.464. The molecule has 30 heavy (non-hydrogen) atoms. The van der Waals surface area contributed by atoms with Gasteiger partial charge in [0, 0.05) is 5.92 Å². The number of hydrogen-bond acceptors (Lipinski definition) is 5. The van der Waals surface area contributed by atoms with Crippen molar-refractivity contribution in [1.29, 1.82) is 0 Å². The van der Waals surface area contributed by atoms with Crippen molar-refractivity contribution in [2.45, 2.75) is 84.5 Å². The summed E-state index contributed by atoms with van der Waals surface area (Å²) in [5.41, 5.74) is 1.21. The highest BCUT2D eigenvalue weighted by molar-refractivity contribution is 5.72. The van der Waals surface area contributed by atoms with Gasteiger partial charge in [0.1, 0.15) is 6.10 Å². The molecular formula is C24H38O6. The minimum absolute atomic E-state index is 0.0556. The van der Waals surface area contributed by atoms with Crippen LogP contribution in [0, 0.1) is 29.6 Å². The Kier molecular flexibility index (Phi) is 9.10. The number of hydrogen-bond donors (Lipinski definition) is 3. The summed E-state index contributed by atoms with van der Waals surface area (Å²) in [4.78, 5) is 23.2. The predicted octanol–water partition coefficient (Wildman–Crippen LogP) is 3.72. The molecule has 0 saturated carbocycles. The van der Waals surface area contributed by atoms with Crippen molar-refractivity contribution in [3.8, 4) is 0 Å². The van der Waals surface area contributed by atoms with Gasteiger partial charge in [0.15, 0.2) is 0 Å². The van der Waals surface area contributed by atoms with Crippen LogP contribution in [0.25, 0.3) is 0 Å². The normalized spacial score (nSPS) is 31.3. The van der Waals surface area contributed by atoms with E-state index in [1.165, 1.54) is 5.57 Å².